The Morgan fingerprint density at radius 2 is 1.88 bits per heavy atom. The molecular formula is C13H17NO2S. The topological polar surface area (TPSA) is 53.2 Å². The summed E-state index contributed by atoms with van der Waals surface area (Å²) in [5.74, 6) is 2.87. The van der Waals surface area contributed by atoms with Crippen LogP contribution in [0, 0.1) is 11.3 Å². The lowest BCUT2D eigenvalue weighted by Crippen LogP contribution is -1.99. The summed E-state index contributed by atoms with van der Waals surface area (Å²) in [6, 6.07) is 9.22. The lowest BCUT2D eigenvalue weighted by Gasteiger charge is -2.05. The summed E-state index contributed by atoms with van der Waals surface area (Å²) in [6.45, 7) is 0.965. The molecule has 0 spiro atoms. The molecule has 0 aliphatic rings. The van der Waals surface area contributed by atoms with Gasteiger partial charge in [0.15, 0.2) is 0 Å². The van der Waals surface area contributed by atoms with E-state index in [2.05, 4.69) is 6.07 Å². The molecule has 0 saturated heterocycles. The zero-order valence-electron chi connectivity index (χ0n) is 9.76. The SMILES string of the molecule is N#Cc1ccc(OCCCSCCCO)cc1. The molecule has 0 aromatic heterocycles. The van der Waals surface area contributed by atoms with E-state index in [1.54, 1.807) is 12.1 Å². The predicted octanol–water partition coefficient (Wildman–Crippen LogP) is 2.44. The molecule has 1 aromatic carbocycles. The van der Waals surface area contributed by atoms with Gasteiger partial charge < -0.3 is 9.84 Å². The highest BCUT2D eigenvalue weighted by molar-refractivity contribution is 7.99. The third kappa shape index (κ3) is 6.20. The highest BCUT2D eigenvalue weighted by atomic mass is 32.2. The van der Waals surface area contributed by atoms with Gasteiger partial charge in [-0.25, -0.2) is 0 Å². The number of ether oxygens (including phenoxy) is 1. The van der Waals surface area contributed by atoms with Crippen molar-refractivity contribution in [2.45, 2.75) is 12.8 Å². The van der Waals surface area contributed by atoms with Crippen LogP contribution in [0.1, 0.15) is 18.4 Å². The zero-order valence-corrected chi connectivity index (χ0v) is 10.6. The van der Waals surface area contributed by atoms with Gasteiger partial charge in [-0.05, 0) is 48.6 Å². The minimum absolute atomic E-state index is 0.273. The Morgan fingerprint density at radius 1 is 1.18 bits per heavy atom. The van der Waals surface area contributed by atoms with Crippen LogP contribution < -0.4 is 4.74 Å². The van der Waals surface area contributed by atoms with Crippen molar-refractivity contribution >= 4 is 11.8 Å². The third-order valence-corrected chi connectivity index (χ3v) is 3.29. The molecule has 0 bridgehead atoms. The van der Waals surface area contributed by atoms with Crippen LogP contribution in [-0.2, 0) is 0 Å². The van der Waals surface area contributed by atoms with Crippen molar-refractivity contribution in [1.29, 1.82) is 5.26 Å². The number of nitrogens with zero attached hydrogens (tertiary/aromatic N) is 1. The maximum absolute atomic E-state index is 8.63. The molecule has 0 unspecified atom stereocenters. The number of rotatable bonds is 8. The molecule has 17 heavy (non-hydrogen) atoms. The van der Waals surface area contributed by atoms with Gasteiger partial charge in [0.05, 0.1) is 18.2 Å². The number of aliphatic hydroxyl groups excluding tert-OH is 1. The number of hydrogen-bond donors (Lipinski definition) is 1. The summed E-state index contributed by atoms with van der Waals surface area (Å²) >= 11 is 1.84. The lowest BCUT2D eigenvalue weighted by atomic mass is 10.2. The van der Waals surface area contributed by atoms with Crippen molar-refractivity contribution < 1.29 is 9.84 Å². The maximum Gasteiger partial charge on any atom is 0.119 e. The van der Waals surface area contributed by atoms with E-state index in [0.29, 0.717) is 12.2 Å². The van der Waals surface area contributed by atoms with Crippen LogP contribution in [0.15, 0.2) is 24.3 Å². The molecule has 0 amide bonds. The van der Waals surface area contributed by atoms with Crippen LogP contribution in [-0.4, -0.2) is 29.8 Å². The van der Waals surface area contributed by atoms with E-state index in [-0.39, 0.29) is 6.61 Å². The molecule has 1 rings (SSSR count). The minimum atomic E-state index is 0.273. The molecule has 0 aliphatic carbocycles. The normalized spacial score (nSPS) is 9.88. The fourth-order valence-corrected chi connectivity index (χ4v) is 2.10. The summed E-state index contributed by atoms with van der Waals surface area (Å²) in [7, 11) is 0. The van der Waals surface area contributed by atoms with Gasteiger partial charge in [0.2, 0.25) is 0 Å². The lowest BCUT2D eigenvalue weighted by molar-refractivity contribution is 0.296. The Bertz CT molecular complexity index is 345. The van der Waals surface area contributed by atoms with Crippen LogP contribution in [0.5, 0.6) is 5.75 Å². The molecule has 0 radical (unpaired) electrons. The Morgan fingerprint density at radius 3 is 2.53 bits per heavy atom. The van der Waals surface area contributed by atoms with E-state index in [0.717, 1.165) is 30.1 Å². The highest BCUT2D eigenvalue weighted by Crippen LogP contribution is 2.12. The van der Waals surface area contributed by atoms with E-state index in [1.165, 1.54) is 0 Å². The van der Waals surface area contributed by atoms with Crippen molar-refractivity contribution in [3.8, 4) is 11.8 Å². The van der Waals surface area contributed by atoms with Gasteiger partial charge >= 0.3 is 0 Å². The first kappa shape index (κ1) is 13.9. The van der Waals surface area contributed by atoms with Crippen LogP contribution >= 0.6 is 11.8 Å². The van der Waals surface area contributed by atoms with E-state index < -0.39 is 0 Å². The Labute approximate surface area is 106 Å². The average molecular weight is 251 g/mol. The Balaban J connectivity index is 2.08. The zero-order chi connectivity index (χ0) is 12.3. The van der Waals surface area contributed by atoms with E-state index in [4.69, 9.17) is 15.1 Å². The van der Waals surface area contributed by atoms with Crippen molar-refractivity contribution in [3.05, 3.63) is 29.8 Å². The Kier molecular flexibility index (Phi) is 7.28. The smallest absolute Gasteiger partial charge is 0.119 e. The van der Waals surface area contributed by atoms with Gasteiger partial charge in [-0.15, -0.1) is 0 Å². The molecule has 0 aliphatic heterocycles. The second kappa shape index (κ2) is 8.91. The Hall–Kier alpha value is -1.18. The van der Waals surface area contributed by atoms with Crippen LogP contribution in [0.25, 0.3) is 0 Å². The molecule has 3 nitrogen and oxygen atoms in total. The first-order valence-corrected chi connectivity index (χ1v) is 6.84. The monoisotopic (exact) mass is 251 g/mol. The number of nitriles is 1. The third-order valence-electron chi connectivity index (χ3n) is 2.13. The second-order valence-corrected chi connectivity index (χ2v) is 4.75. The van der Waals surface area contributed by atoms with Crippen LogP contribution in [0.4, 0.5) is 0 Å². The van der Waals surface area contributed by atoms with Gasteiger partial charge in [0, 0.05) is 6.61 Å². The van der Waals surface area contributed by atoms with E-state index >= 15 is 0 Å². The number of thioether (sulfide) groups is 1. The van der Waals surface area contributed by atoms with E-state index in [9.17, 15) is 0 Å². The molecule has 0 fully saturated rings. The van der Waals surface area contributed by atoms with Crippen molar-refractivity contribution in [2.75, 3.05) is 24.7 Å². The molecule has 0 heterocycles. The van der Waals surface area contributed by atoms with Crippen LogP contribution in [0.3, 0.4) is 0 Å². The maximum atomic E-state index is 8.63. The summed E-state index contributed by atoms with van der Waals surface area (Å²) in [6.07, 6.45) is 1.86. The van der Waals surface area contributed by atoms with Gasteiger partial charge in [-0.3, -0.25) is 0 Å². The summed E-state index contributed by atoms with van der Waals surface area (Å²) < 4.78 is 5.54. The first-order valence-electron chi connectivity index (χ1n) is 5.68. The van der Waals surface area contributed by atoms with Crippen molar-refractivity contribution in [3.63, 3.8) is 0 Å². The fraction of sp³-hybridized carbons (Fsp3) is 0.462. The van der Waals surface area contributed by atoms with Gasteiger partial charge in [-0.2, -0.15) is 17.0 Å². The van der Waals surface area contributed by atoms with Crippen molar-refractivity contribution in [1.82, 2.24) is 0 Å². The van der Waals surface area contributed by atoms with E-state index in [1.807, 2.05) is 23.9 Å². The number of aliphatic hydroxyl groups is 1. The molecule has 0 atom stereocenters. The summed E-state index contributed by atoms with van der Waals surface area (Å²) in [4.78, 5) is 0. The standard InChI is InChI=1S/C13H17NO2S/c14-11-12-3-5-13(6-4-12)16-8-2-10-17-9-1-7-15/h3-6,15H,1-2,7-10H2. The molecule has 1 N–H and O–H groups in total. The number of benzene rings is 1. The average Bonchev–Trinajstić information content (AvgIpc) is 2.38. The molecule has 1 aromatic rings. The number of hydrogen-bond acceptors (Lipinski definition) is 4. The minimum Gasteiger partial charge on any atom is -0.494 e. The summed E-state index contributed by atoms with van der Waals surface area (Å²) in [5.41, 5.74) is 0.650. The molecule has 0 saturated carbocycles. The quantitative estimate of drug-likeness (QED) is 0.721. The predicted molar refractivity (Wildman–Crippen MR) is 70.3 cm³/mol. The van der Waals surface area contributed by atoms with Gasteiger partial charge in [-0.1, -0.05) is 0 Å². The van der Waals surface area contributed by atoms with Gasteiger partial charge in [0.1, 0.15) is 5.75 Å². The first-order chi connectivity index (χ1) is 8.36. The molecule has 92 valence electrons. The van der Waals surface area contributed by atoms with Crippen LogP contribution in [0.2, 0.25) is 0 Å². The van der Waals surface area contributed by atoms with Crippen molar-refractivity contribution in [2.24, 2.45) is 0 Å². The second-order valence-electron chi connectivity index (χ2n) is 3.53. The highest BCUT2D eigenvalue weighted by Gasteiger charge is 1.95. The summed E-state index contributed by atoms with van der Waals surface area (Å²) in [5, 5.41) is 17.2. The molecule has 4 heteroatoms. The fourth-order valence-electron chi connectivity index (χ4n) is 1.25. The molecular weight excluding hydrogens is 234 g/mol. The largest absolute Gasteiger partial charge is 0.494 e. The van der Waals surface area contributed by atoms with Gasteiger partial charge in [0.25, 0.3) is 0 Å².